The molecule has 0 radical (unpaired) electrons. The maximum Gasteiger partial charge on any atom is 0.139 e. The van der Waals surface area contributed by atoms with E-state index in [0.29, 0.717) is 12.1 Å². The van der Waals surface area contributed by atoms with Crippen molar-refractivity contribution in [1.82, 2.24) is 15.0 Å². The van der Waals surface area contributed by atoms with Crippen LogP contribution in [-0.2, 0) is 6.42 Å². The molecule has 2 heterocycles. The molecular weight excluding hydrogens is 240 g/mol. The summed E-state index contributed by atoms with van der Waals surface area (Å²) in [6.07, 6.45) is 4.17. The molecule has 4 N–H and O–H groups in total. The zero-order valence-electron chi connectivity index (χ0n) is 10.3. The number of aromatic hydroxyl groups is 1. The minimum Gasteiger partial charge on any atom is -0.506 e. The van der Waals surface area contributed by atoms with Crippen molar-refractivity contribution in [1.29, 1.82) is 0 Å². The smallest absolute Gasteiger partial charge is 0.139 e. The first-order valence-electron chi connectivity index (χ1n) is 6.10. The van der Waals surface area contributed by atoms with Crippen molar-refractivity contribution in [2.24, 2.45) is 5.73 Å². The van der Waals surface area contributed by atoms with E-state index in [9.17, 15) is 5.11 Å². The maximum absolute atomic E-state index is 9.76. The van der Waals surface area contributed by atoms with Gasteiger partial charge in [-0.25, -0.2) is 0 Å². The summed E-state index contributed by atoms with van der Waals surface area (Å²) in [7, 11) is 0. The fourth-order valence-corrected chi connectivity index (χ4v) is 2.05. The van der Waals surface area contributed by atoms with Gasteiger partial charge in [-0.2, -0.15) is 0 Å². The lowest BCUT2D eigenvalue weighted by molar-refractivity contribution is 0.480. The first-order chi connectivity index (χ1) is 9.28. The summed E-state index contributed by atoms with van der Waals surface area (Å²) in [5.74, 6) is 0.233. The molecule has 96 valence electrons. The van der Waals surface area contributed by atoms with Gasteiger partial charge in [0.05, 0.1) is 23.1 Å². The van der Waals surface area contributed by atoms with Crippen LogP contribution in [-0.4, -0.2) is 26.6 Å². The Morgan fingerprint density at radius 1 is 1.21 bits per heavy atom. The minimum atomic E-state index is 0.233. The van der Waals surface area contributed by atoms with Gasteiger partial charge in [0.1, 0.15) is 11.4 Å². The molecule has 0 atom stereocenters. The van der Waals surface area contributed by atoms with Gasteiger partial charge in [0.15, 0.2) is 0 Å². The number of hydrogen-bond acceptors (Lipinski definition) is 4. The second-order valence-corrected chi connectivity index (χ2v) is 4.36. The molecule has 5 nitrogen and oxygen atoms in total. The SMILES string of the molecule is NCCc1cnc(-c2cc3cccc(O)c3[nH]2)cn1. The van der Waals surface area contributed by atoms with E-state index in [1.54, 1.807) is 18.5 Å². The van der Waals surface area contributed by atoms with Crippen LogP contribution < -0.4 is 5.73 Å². The highest BCUT2D eigenvalue weighted by atomic mass is 16.3. The van der Waals surface area contributed by atoms with Crippen molar-refractivity contribution < 1.29 is 5.11 Å². The highest BCUT2D eigenvalue weighted by Crippen LogP contribution is 2.28. The molecule has 1 aromatic carbocycles. The number of rotatable bonds is 3. The number of para-hydroxylation sites is 1. The van der Waals surface area contributed by atoms with Crippen molar-refractivity contribution in [2.45, 2.75) is 6.42 Å². The van der Waals surface area contributed by atoms with E-state index in [-0.39, 0.29) is 5.75 Å². The lowest BCUT2D eigenvalue weighted by atomic mass is 10.2. The lowest BCUT2D eigenvalue weighted by Gasteiger charge is -1.99. The monoisotopic (exact) mass is 254 g/mol. The minimum absolute atomic E-state index is 0.233. The molecule has 0 spiro atoms. The molecule has 0 aliphatic carbocycles. The third-order valence-corrected chi connectivity index (χ3v) is 3.02. The number of fused-ring (bicyclic) bond motifs is 1. The van der Waals surface area contributed by atoms with Gasteiger partial charge in [-0.15, -0.1) is 0 Å². The second kappa shape index (κ2) is 4.70. The van der Waals surface area contributed by atoms with Crippen LogP contribution in [0.15, 0.2) is 36.7 Å². The molecular formula is C14H14N4O. The van der Waals surface area contributed by atoms with Crippen LogP contribution in [0, 0.1) is 0 Å². The molecule has 0 bridgehead atoms. The highest BCUT2D eigenvalue weighted by Gasteiger charge is 2.07. The summed E-state index contributed by atoms with van der Waals surface area (Å²) >= 11 is 0. The number of hydrogen-bond donors (Lipinski definition) is 3. The fraction of sp³-hybridized carbons (Fsp3) is 0.143. The Labute approximate surface area is 110 Å². The zero-order chi connectivity index (χ0) is 13.2. The number of aromatic amines is 1. The number of H-pyrrole nitrogens is 1. The Morgan fingerprint density at radius 3 is 2.79 bits per heavy atom. The van der Waals surface area contributed by atoms with Gasteiger partial charge in [0.2, 0.25) is 0 Å². The fourth-order valence-electron chi connectivity index (χ4n) is 2.05. The summed E-state index contributed by atoms with van der Waals surface area (Å²) in [6.45, 7) is 0.564. The summed E-state index contributed by atoms with van der Waals surface area (Å²) in [5.41, 5.74) is 8.65. The van der Waals surface area contributed by atoms with Crippen molar-refractivity contribution in [3.8, 4) is 17.1 Å². The Morgan fingerprint density at radius 2 is 2.11 bits per heavy atom. The Bertz CT molecular complexity index is 703. The van der Waals surface area contributed by atoms with Crippen LogP contribution >= 0.6 is 0 Å². The van der Waals surface area contributed by atoms with Crippen LogP contribution in [0.4, 0.5) is 0 Å². The first kappa shape index (κ1) is 11.7. The standard InChI is InChI=1S/C14H14N4O/c15-5-4-10-7-17-12(8-16-10)11-6-9-2-1-3-13(19)14(9)18-11/h1-3,6-8,18-19H,4-5,15H2. The van der Waals surface area contributed by atoms with Crippen LogP contribution in [0.5, 0.6) is 5.75 Å². The predicted octanol–water partition coefficient (Wildman–Crippen LogP) is 1.83. The highest BCUT2D eigenvalue weighted by molar-refractivity contribution is 5.89. The van der Waals surface area contributed by atoms with Crippen LogP contribution in [0.2, 0.25) is 0 Å². The van der Waals surface area contributed by atoms with Gasteiger partial charge < -0.3 is 15.8 Å². The van der Waals surface area contributed by atoms with Crippen molar-refractivity contribution >= 4 is 10.9 Å². The number of benzene rings is 1. The van der Waals surface area contributed by atoms with E-state index in [0.717, 1.165) is 28.9 Å². The number of nitrogens with two attached hydrogens (primary N) is 1. The van der Waals surface area contributed by atoms with Gasteiger partial charge >= 0.3 is 0 Å². The Kier molecular flexibility index (Phi) is 2.89. The van der Waals surface area contributed by atoms with Crippen LogP contribution in [0.25, 0.3) is 22.3 Å². The molecule has 3 rings (SSSR count). The lowest BCUT2D eigenvalue weighted by Crippen LogP contribution is -2.04. The average Bonchev–Trinajstić information content (AvgIpc) is 2.85. The van der Waals surface area contributed by atoms with E-state index in [1.165, 1.54) is 0 Å². The molecule has 0 amide bonds. The topological polar surface area (TPSA) is 87.8 Å². The molecule has 0 fully saturated rings. The zero-order valence-corrected chi connectivity index (χ0v) is 10.3. The average molecular weight is 254 g/mol. The molecule has 2 aromatic heterocycles. The van der Waals surface area contributed by atoms with E-state index < -0.39 is 0 Å². The van der Waals surface area contributed by atoms with E-state index in [2.05, 4.69) is 15.0 Å². The number of nitrogens with zero attached hydrogens (tertiary/aromatic N) is 2. The molecule has 0 saturated heterocycles. The summed E-state index contributed by atoms with van der Waals surface area (Å²) in [5, 5.41) is 10.7. The molecule has 0 saturated carbocycles. The summed E-state index contributed by atoms with van der Waals surface area (Å²) in [6, 6.07) is 7.34. The van der Waals surface area contributed by atoms with Gasteiger partial charge in [-0.1, -0.05) is 12.1 Å². The molecule has 3 aromatic rings. The predicted molar refractivity (Wildman–Crippen MR) is 73.7 cm³/mol. The van der Waals surface area contributed by atoms with Crippen molar-refractivity contribution in [3.05, 3.63) is 42.4 Å². The van der Waals surface area contributed by atoms with Gasteiger partial charge in [0, 0.05) is 18.0 Å². The normalized spacial score (nSPS) is 11.0. The molecule has 0 aliphatic heterocycles. The summed E-state index contributed by atoms with van der Waals surface area (Å²) in [4.78, 5) is 11.8. The summed E-state index contributed by atoms with van der Waals surface area (Å²) < 4.78 is 0. The first-order valence-corrected chi connectivity index (χ1v) is 6.10. The van der Waals surface area contributed by atoms with Crippen molar-refractivity contribution in [3.63, 3.8) is 0 Å². The van der Waals surface area contributed by atoms with Gasteiger partial charge in [-0.05, 0) is 18.7 Å². The van der Waals surface area contributed by atoms with E-state index in [4.69, 9.17) is 5.73 Å². The number of phenolic OH excluding ortho intramolecular Hbond substituents is 1. The van der Waals surface area contributed by atoms with Crippen LogP contribution in [0.1, 0.15) is 5.69 Å². The van der Waals surface area contributed by atoms with Crippen LogP contribution in [0.3, 0.4) is 0 Å². The molecule has 0 unspecified atom stereocenters. The largest absolute Gasteiger partial charge is 0.506 e. The van der Waals surface area contributed by atoms with Gasteiger partial charge in [-0.3, -0.25) is 9.97 Å². The number of aromatic nitrogens is 3. The second-order valence-electron chi connectivity index (χ2n) is 4.36. The van der Waals surface area contributed by atoms with E-state index in [1.807, 2.05) is 18.2 Å². The maximum atomic E-state index is 9.76. The Hall–Kier alpha value is -2.40. The molecule has 19 heavy (non-hydrogen) atoms. The third kappa shape index (κ3) is 2.15. The molecule has 0 aliphatic rings. The third-order valence-electron chi connectivity index (χ3n) is 3.02. The van der Waals surface area contributed by atoms with Gasteiger partial charge in [0.25, 0.3) is 0 Å². The van der Waals surface area contributed by atoms with Crippen molar-refractivity contribution in [2.75, 3.05) is 6.54 Å². The molecule has 5 heteroatoms. The van der Waals surface area contributed by atoms with E-state index >= 15 is 0 Å². The Balaban J connectivity index is 2.01. The number of phenols is 1. The quantitative estimate of drug-likeness (QED) is 0.665. The number of nitrogens with one attached hydrogen (secondary N) is 1.